The molecule has 2 aromatic carbocycles. The van der Waals surface area contributed by atoms with Crippen LogP contribution in [0.25, 0.3) is 0 Å². The molecule has 0 radical (unpaired) electrons. The normalized spacial score (nSPS) is 14.5. The van der Waals surface area contributed by atoms with E-state index >= 15 is 0 Å². The number of fused-ring (bicyclic) bond motifs is 1. The second-order valence-electron chi connectivity index (χ2n) is 9.52. The molecule has 3 heterocycles. The van der Waals surface area contributed by atoms with Gasteiger partial charge in [-0.05, 0) is 42.0 Å². The average Bonchev–Trinajstić information content (AvgIpc) is 3.67. The Morgan fingerprint density at radius 2 is 1.80 bits per heavy atom. The number of para-hydroxylation sites is 2. The first-order valence-electron chi connectivity index (χ1n) is 13.3. The highest BCUT2D eigenvalue weighted by Gasteiger charge is 2.25. The van der Waals surface area contributed by atoms with E-state index in [1.54, 1.807) is 41.4 Å². The molecule has 0 unspecified atom stereocenters. The largest absolute Gasteiger partial charge is 0.495 e. The van der Waals surface area contributed by atoms with Crippen molar-refractivity contribution in [1.29, 1.82) is 0 Å². The molecule has 2 aliphatic heterocycles. The van der Waals surface area contributed by atoms with Gasteiger partial charge in [-0.15, -0.1) is 0 Å². The van der Waals surface area contributed by atoms with Gasteiger partial charge in [-0.25, -0.2) is 4.79 Å². The molecule has 212 valence electrons. The van der Waals surface area contributed by atoms with E-state index in [9.17, 15) is 9.59 Å². The number of hydrogen-bond donors (Lipinski definition) is 1. The van der Waals surface area contributed by atoms with E-state index < -0.39 is 0 Å². The number of carbonyl (C=O) groups excluding carboxylic acids is 2. The summed E-state index contributed by atoms with van der Waals surface area (Å²) in [6.07, 6.45) is 1.58. The van der Waals surface area contributed by atoms with Gasteiger partial charge in [-0.2, -0.15) is 0 Å². The Hall–Kier alpha value is -4.22. The SMILES string of the molecule is COc1ccccc1NC(=O)N(CCN1CCOCC1)CC(=O)N(Cc1ccc2c(c1)OCO2)Cc1ccco1. The summed E-state index contributed by atoms with van der Waals surface area (Å²) in [6, 6.07) is 16.0. The van der Waals surface area contributed by atoms with Gasteiger partial charge in [0.05, 0.1) is 38.8 Å². The molecule has 1 fully saturated rings. The van der Waals surface area contributed by atoms with Gasteiger partial charge in [0.2, 0.25) is 12.7 Å². The first-order valence-corrected chi connectivity index (χ1v) is 13.3. The summed E-state index contributed by atoms with van der Waals surface area (Å²) < 4.78 is 27.3. The third-order valence-electron chi connectivity index (χ3n) is 6.84. The number of nitrogens with one attached hydrogen (secondary N) is 1. The minimum absolute atomic E-state index is 0.115. The van der Waals surface area contributed by atoms with Crippen molar-refractivity contribution in [2.24, 2.45) is 0 Å². The minimum atomic E-state index is -0.382. The fourth-order valence-electron chi connectivity index (χ4n) is 4.63. The van der Waals surface area contributed by atoms with E-state index in [1.807, 2.05) is 36.4 Å². The van der Waals surface area contributed by atoms with E-state index in [0.29, 0.717) is 61.5 Å². The van der Waals surface area contributed by atoms with Crippen molar-refractivity contribution in [3.05, 3.63) is 72.2 Å². The van der Waals surface area contributed by atoms with Crippen molar-refractivity contribution < 1.29 is 33.0 Å². The van der Waals surface area contributed by atoms with E-state index in [-0.39, 0.29) is 31.8 Å². The number of rotatable bonds is 11. The number of methoxy groups -OCH3 is 1. The molecule has 5 rings (SSSR count). The standard InChI is InChI=1S/C29H34N4O7/c1-36-25-7-3-2-6-24(25)30-29(35)32(11-10-31-12-15-37-16-13-31)20-28(34)33(19-23-5-4-14-38-23)18-22-8-9-26-27(17-22)40-21-39-26/h2-9,14,17H,10-13,15-16,18-21H2,1H3,(H,30,35). The van der Waals surface area contributed by atoms with Crippen LogP contribution < -0.4 is 19.5 Å². The third-order valence-corrected chi connectivity index (χ3v) is 6.84. The van der Waals surface area contributed by atoms with Crippen LogP contribution in [0.5, 0.6) is 17.2 Å². The van der Waals surface area contributed by atoms with E-state index in [1.165, 1.54) is 0 Å². The van der Waals surface area contributed by atoms with Gasteiger partial charge in [-0.3, -0.25) is 9.69 Å². The Labute approximate surface area is 233 Å². The molecule has 3 amide bonds. The summed E-state index contributed by atoms with van der Waals surface area (Å²) in [4.78, 5) is 32.8. The maximum Gasteiger partial charge on any atom is 0.322 e. The molecule has 0 spiro atoms. The maximum absolute atomic E-state index is 13.8. The van der Waals surface area contributed by atoms with Crippen molar-refractivity contribution >= 4 is 17.6 Å². The van der Waals surface area contributed by atoms with Crippen molar-refractivity contribution in [3.63, 3.8) is 0 Å². The topological polar surface area (TPSA) is 106 Å². The number of carbonyl (C=O) groups is 2. The van der Waals surface area contributed by atoms with Crippen molar-refractivity contribution in [3.8, 4) is 17.2 Å². The summed E-state index contributed by atoms with van der Waals surface area (Å²) in [5.41, 5.74) is 1.41. The molecule has 1 aromatic heterocycles. The summed E-state index contributed by atoms with van der Waals surface area (Å²) in [5.74, 6) is 2.29. The quantitative estimate of drug-likeness (QED) is 0.387. The summed E-state index contributed by atoms with van der Waals surface area (Å²) in [6.45, 7) is 4.48. The zero-order chi connectivity index (χ0) is 27.7. The lowest BCUT2D eigenvalue weighted by atomic mass is 10.2. The Kier molecular flexibility index (Phi) is 9.04. The lowest BCUT2D eigenvalue weighted by molar-refractivity contribution is -0.133. The number of hydrogen-bond acceptors (Lipinski definition) is 8. The van der Waals surface area contributed by atoms with Crippen LogP contribution in [0.2, 0.25) is 0 Å². The first kappa shape index (κ1) is 27.4. The second-order valence-corrected chi connectivity index (χ2v) is 9.52. The Balaban J connectivity index is 1.33. The molecule has 1 saturated heterocycles. The van der Waals surface area contributed by atoms with Crippen LogP contribution in [0.15, 0.2) is 65.3 Å². The summed E-state index contributed by atoms with van der Waals surface area (Å²) >= 11 is 0. The molecule has 40 heavy (non-hydrogen) atoms. The number of furan rings is 1. The molecule has 3 aromatic rings. The molecule has 11 nitrogen and oxygen atoms in total. The van der Waals surface area contributed by atoms with Crippen LogP contribution in [0, 0.1) is 0 Å². The molecular formula is C29H34N4O7. The van der Waals surface area contributed by atoms with Crippen LogP contribution in [-0.4, -0.2) is 86.5 Å². The summed E-state index contributed by atoms with van der Waals surface area (Å²) in [7, 11) is 1.55. The molecule has 2 aliphatic rings. The van der Waals surface area contributed by atoms with Crippen molar-refractivity contribution in [2.75, 3.05) is 65.2 Å². The average molecular weight is 551 g/mol. The smallest absolute Gasteiger partial charge is 0.322 e. The van der Waals surface area contributed by atoms with Gasteiger partial charge in [0.25, 0.3) is 0 Å². The lowest BCUT2D eigenvalue weighted by Crippen LogP contribution is -2.48. The summed E-state index contributed by atoms with van der Waals surface area (Å²) in [5, 5.41) is 2.92. The number of nitrogens with zero attached hydrogens (tertiary/aromatic N) is 3. The van der Waals surface area contributed by atoms with Crippen molar-refractivity contribution in [1.82, 2.24) is 14.7 Å². The zero-order valence-corrected chi connectivity index (χ0v) is 22.5. The molecule has 0 bridgehead atoms. The number of amides is 3. The fourth-order valence-corrected chi connectivity index (χ4v) is 4.63. The Bertz CT molecular complexity index is 1280. The monoisotopic (exact) mass is 550 g/mol. The van der Waals surface area contributed by atoms with Gasteiger partial charge < -0.3 is 38.5 Å². The van der Waals surface area contributed by atoms with Gasteiger partial charge in [0.15, 0.2) is 11.5 Å². The first-order chi connectivity index (χ1) is 19.6. The highest BCUT2D eigenvalue weighted by molar-refractivity contribution is 5.93. The van der Waals surface area contributed by atoms with Gasteiger partial charge in [0.1, 0.15) is 18.1 Å². The van der Waals surface area contributed by atoms with Crippen LogP contribution in [-0.2, 0) is 22.6 Å². The number of morpholine rings is 1. The number of anilines is 1. The van der Waals surface area contributed by atoms with Crippen LogP contribution in [0.4, 0.5) is 10.5 Å². The highest BCUT2D eigenvalue weighted by atomic mass is 16.7. The van der Waals surface area contributed by atoms with Gasteiger partial charge in [0, 0.05) is 32.7 Å². The zero-order valence-electron chi connectivity index (χ0n) is 22.5. The van der Waals surface area contributed by atoms with Crippen LogP contribution >= 0.6 is 0 Å². The molecule has 11 heteroatoms. The second kappa shape index (κ2) is 13.2. The van der Waals surface area contributed by atoms with Crippen LogP contribution in [0.1, 0.15) is 11.3 Å². The predicted molar refractivity (Wildman–Crippen MR) is 146 cm³/mol. The number of ether oxygens (including phenoxy) is 4. The number of urea groups is 1. The lowest BCUT2D eigenvalue weighted by Gasteiger charge is -2.31. The molecule has 0 saturated carbocycles. The Morgan fingerprint density at radius 3 is 2.60 bits per heavy atom. The Morgan fingerprint density at radius 1 is 0.975 bits per heavy atom. The maximum atomic E-state index is 13.8. The molecular weight excluding hydrogens is 516 g/mol. The third kappa shape index (κ3) is 7.04. The molecule has 1 N–H and O–H groups in total. The van der Waals surface area contributed by atoms with Crippen LogP contribution in [0.3, 0.4) is 0 Å². The van der Waals surface area contributed by atoms with Gasteiger partial charge in [-0.1, -0.05) is 18.2 Å². The fraction of sp³-hybridized carbons (Fsp3) is 0.379. The molecule has 0 aliphatic carbocycles. The number of benzene rings is 2. The van der Waals surface area contributed by atoms with Crippen molar-refractivity contribution in [2.45, 2.75) is 13.1 Å². The molecule has 0 atom stereocenters. The minimum Gasteiger partial charge on any atom is -0.495 e. The highest BCUT2D eigenvalue weighted by Crippen LogP contribution is 2.33. The van der Waals surface area contributed by atoms with E-state index in [0.717, 1.165) is 18.7 Å². The van der Waals surface area contributed by atoms with E-state index in [4.69, 9.17) is 23.4 Å². The predicted octanol–water partition coefficient (Wildman–Crippen LogP) is 3.41. The van der Waals surface area contributed by atoms with E-state index in [2.05, 4.69) is 10.2 Å². The van der Waals surface area contributed by atoms with Gasteiger partial charge >= 0.3 is 6.03 Å².